The molecular weight excluding hydrogens is 220 g/mol. The Balaban J connectivity index is 2.14. The molecule has 0 aliphatic heterocycles. The molecule has 0 aliphatic rings. The highest BCUT2D eigenvalue weighted by atomic mass is 32.1. The smallest absolute Gasteiger partial charge is 0.261 e. The van der Waals surface area contributed by atoms with Crippen LogP contribution in [0.1, 0.15) is 36.4 Å². The van der Waals surface area contributed by atoms with Gasteiger partial charge < -0.3 is 10.6 Å². The molecule has 1 amide bonds. The normalized spacial score (nSPS) is 10.7. The molecule has 0 fully saturated rings. The van der Waals surface area contributed by atoms with E-state index >= 15 is 0 Å². The number of nitrogens with one attached hydrogen (secondary N) is 2. The van der Waals surface area contributed by atoms with Gasteiger partial charge in [-0.05, 0) is 24.3 Å². The van der Waals surface area contributed by atoms with Gasteiger partial charge in [0.2, 0.25) is 0 Å². The van der Waals surface area contributed by atoms with E-state index in [2.05, 4.69) is 24.5 Å². The van der Waals surface area contributed by atoms with Crippen molar-refractivity contribution in [3.05, 3.63) is 22.4 Å². The molecule has 3 nitrogen and oxygen atoms in total. The van der Waals surface area contributed by atoms with Crippen molar-refractivity contribution in [1.82, 2.24) is 10.6 Å². The molecule has 0 unspecified atom stereocenters. The Kier molecular flexibility index (Phi) is 6.11. The van der Waals surface area contributed by atoms with Gasteiger partial charge in [-0.2, -0.15) is 0 Å². The Hall–Kier alpha value is -0.870. The van der Waals surface area contributed by atoms with Crippen LogP contribution in [-0.4, -0.2) is 25.0 Å². The van der Waals surface area contributed by atoms with E-state index in [1.165, 1.54) is 11.3 Å². The number of hydrogen-bond acceptors (Lipinski definition) is 3. The first-order valence-corrected chi connectivity index (χ1v) is 6.71. The molecule has 16 heavy (non-hydrogen) atoms. The molecule has 0 spiro atoms. The molecular formula is C12H20N2OS. The van der Waals surface area contributed by atoms with E-state index in [1.807, 2.05) is 17.5 Å². The molecule has 0 atom stereocenters. The number of rotatable bonds is 7. The van der Waals surface area contributed by atoms with Gasteiger partial charge in [0.15, 0.2) is 0 Å². The van der Waals surface area contributed by atoms with Gasteiger partial charge in [-0.3, -0.25) is 4.79 Å². The SMILES string of the molecule is CCC(CC)NCCNC(=O)c1cccs1. The highest BCUT2D eigenvalue weighted by molar-refractivity contribution is 7.12. The fraction of sp³-hybridized carbons (Fsp3) is 0.583. The number of amides is 1. The summed E-state index contributed by atoms with van der Waals surface area (Å²) < 4.78 is 0. The molecule has 0 bridgehead atoms. The van der Waals surface area contributed by atoms with Crippen molar-refractivity contribution in [2.24, 2.45) is 0 Å². The van der Waals surface area contributed by atoms with Crippen LogP contribution in [0, 0.1) is 0 Å². The third kappa shape index (κ3) is 4.33. The monoisotopic (exact) mass is 240 g/mol. The number of thiophene rings is 1. The first-order chi connectivity index (χ1) is 7.77. The first kappa shape index (κ1) is 13.2. The quantitative estimate of drug-likeness (QED) is 0.718. The van der Waals surface area contributed by atoms with Gasteiger partial charge in [0.1, 0.15) is 0 Å². The standard InChI is InChI=1S/C12H20N2OS/c1-3-10(4-2)13-7-8-14-12(15)11-6-5-9-16-11/h5-6,9-10,13H,3-4,7-8H2,1-2H3,(H,14,15). The zero-order chi connectivity index (χ0) is 11.8. The minimum Gasteiger partial charge on any atom is -0.350 e. The average molecular weight is 240 g/mol. The Morgan fingerprint density at radius 1 is 1.38 bits per heavy atom. The van der Waals surface area contributed by atoms with Crippen molar-refractivity contribution in [1.29, 1.82) is 0 Å². The Morgan fingerprint density at radius 3 is 2.69 bits per heavy atom. The molecule has 4 heteroatoms. The fourth-order valence-electron chi connectivity index (χ4n) is 1.52. The molecule has 1 aromatic heterocycles. The van der Waals surface area contributed by atoms with Crippen LogP contribution < -0.4 is 10.6 Å². The Bertz CT molecular complexity index is 294. The zero-order valence-corrected chi connectivity index (χ0v) is 10.8. The molecule has 0 aliphatic carbocycles. The number of hydrogen-bond donors (Lipinski definition) is 2. The fourth-order valence-corrected chi connectivity index (χ4v) is 2.16. The van der Waals surface area contributed by atoms with Crippen LogP contribution in [0.3, 0.4) is 0 Å². The molecule has 1 heterocycles. The second kappa shape index (κ2) is 7.41. The molecule has 0 radical (unpaired) electrons. The molecule has 0 aromatic carbocycles. The predicted octanol–water partition coefficient (Wildman–Crippen LogP) is 2.26. The highest BCUT2D eigenvalue weighted by Crippen LogP contribution is 2.07. The van der Waals surface area contributed by atoms with E-state index in [4.69, 9.17) is 0 Å². The second-order valence-electron chi connectivity index (χ2n) is 3.70. The summed E-state index contributed by atoms with van der Waals surface area (Å²) in [6, 6.07) is 4.30. The summed E-state index contributed by atoms with van der Waals surface area (Å²) >= 11 is 1.47. The van der Waals surface area contributed by atoms with Crippen LogP contribution in [-0.2, 0) is 0 Å². The molecule has 2 N–H and O–H groups in total. The van der Waals surface area contributed by atoms with Gasteiger partial charge in [-0.15, -0.1) is 11.3 Å². The van der Waals surface area contributed by atoms with E-state index in [1.54, 1.807) is 0 Å². The maximum atomic E-state index is 11.6. The van der Waals surface area contributed by atoms with E-state index in [0.29, 0.717) is 12.6 Å². The average Bonchev–Trinajstić information content (AvgIpc) is 2.82. The summed E-state index contributed by atoms with van der Waals surface area (Å²) in [6.07, 6.45) is 2.27. The van der Waals surface area contributed by atoms with Crippen LogP contribution in [0.2, 0.25) is 0 Å². The van der Waals surface area contributed by atoms with Gasteiger partial charge in [-0.25, -0.2) is 0 Å². The lowest BCUT2D eigenvalue weighted by atomic mass is 10.2. The van der Waals surface area contributed by atoms with Crippen molar-refractivity contribution in [2.75, 3.05) is 13.1 Å². The maximum Gasteiger partial charge on any atom is 0.261 e. The second-order valence-corrected chi connectivity index (χ2v) is 4.65. The van der Waals surface area contributed by atoms with Gasteiger partial charge in [0, 0.05) is 19.1 Å². The number of carbonyl (C=O) groups excluding carboxylic acids is 1. The third-order valence-electron chi connectivity index (χ3n) is 2.57. The van der Waals surface area contributed by atoms with E-state index in [-0.39, 0.29) is 5.91 Å². The van der Waals surface area contributed by atoms with Crippen LogP contribution in [0.4, 0.5) is 0 Å². The van der Waals surface area contributed by atoms with Crippen LogP contribution in [0.25, 0.3) is 0 Å². The highest BCUT2D eigenvalue weighted by Gasteiger charge is 2.05. The maximum absolute atomic E-state index is 11.6. The van der Waals surface area contributed by atoms with Crippen LogP contribution in [0.5, 0.6) is 0 Å². The van der Waals surface area contributed by atoms with Crippen molar-refractivity contribution in [3.8, 4) is 0 Å². The van der Waals surface area contributed by atoms with E-state index in [9.17, 15) is 4.79 Å². The minimum atomic E-state index is 0.0290. The van der Waals surface area contributed by atoms with Crippen LogP contribution >= 0.6 is 11.3 Å². The van der Waals surface area contributed by atoms with Gasteiger partial charge in [-0.1, -0.05) is 19.9 Å². The van der Waals surface area contributed by atoms with Gasteiger partial charge in [0.05, 0.1) is 4.88 Å². The lowest BCUT2D eigenvalue weighted by Gasteiger charge is -2.14. The van der Waals surface area contributed by atoms with Crippen molar-refractivity contribution in [2.45, 2.75) is 32.7 Å². The summed E-state index contributed by atoms with van der Waals surface area (Å²) in [6.45, 7) is 5.87. The third-order valence-corrected chi connectivity index (χ3v) is 3.44. The largest absolute Gasteiger partial charge is 0.350 e. The topological polar surface area (TPSA) is 41.1 Å². The van der Waals surface area contributed by atoms with E-state index in [0.717, 1.165) is 24.3 Å². The summed E-state index contributed by atoms with van der Waals surface area (Å²) in [5.41, 5.74) is 0. The lowest BCUT2D eigenvalue weighted by molar-refractivity contribution is 0.0957. The molecule has 0 saturated carbocycles. The first-order valence-electron chi connectivity index (χ1n) is 5.83. The molecule has 1 aromatic rings. The van der Waals surface area contributed by atoms with Crippen molar-refractivity contribution in [3.63, 3.8) is 0 Å². The van der Waals surface area contributed by atoms with E-state index < -0.39 is 0 Å². The van der Waals surface area contributed by atoms with Crippen LogP contribution in [0.15, 0.2) is 17.5 Å². The summed E-state index contributed by atoms with van der Waals surface area (Å²) in [7, 11) is 0. The summed E-state index contributed by atoms with van der Waals surface area (Å²) in [4.78, 5) is 12.3. The Morgan fingerprint density at radius 2 is 2.12 bits per heavy atom. The van der Waals surface area contributed by atoms with Crippen molar-refractivity contribution >= 4 is 17.2 Å². The van der Waals surface area contributed by atoms with Gasteiger partial charge >= 0.3 is 0 Å². The zero-order valence-electron chi connectivity index (χ0n) is 9.95. The van der Waals surface area contributed by atoms with Crippen molar-refractivity contribution < 1.29 is 4.79 Å². The molecule has 0 saturated heterocycles. The minimum absolute atomic E-state index is 0.0290. The molecule has 90 valence electrons. The number of carbonyl (C=O) groups is 1. The lowest BCUT2D eigenvalue weighted by Crippen LogP contribution is -2.36. The summed E-state index contributed by atoms with van der Waals surface area (Å²) in [5, 5.41) is 8.22. The van der Waals surface area contributed by atoms with Gasteiger partial charge in [0.25, 0.3) is 5.91 Å². The Labute approximate surface area is 101 Å². The summed E-state index contributed by atoms with van der Waals surface area (Å²) in [5.74, 6) is 0.0290. The predicted molar refractivity (Wildman–Crippen MR) is 69.0 cm³/mol. The molecule has 1 rings (SSSR count).